The Morgan fingerprint density at radius 1 is 0.826 bits per heavy atom. The topological polar surface area (TPSA) is 74.2 Å². The fourth-order valence-electron chi connectivity index (χ4n) is 2.29. The minimum absolute atomic E-state index is 0.0315. The zero-order chi connectivity index (χ0) is 17.0. The second-order valence-corrected chi connectivity index (χ2v) is 4.57. The summed E-state index contributed by atoms with van der Waals surface area (Å²) < 4.78 is 20.7. The molecule has 6 nitrogen and oxygen atoms in total. The molecule has 0 saturated heterocycles. The van der Waals surface area contributed by atoms with Crippen molar-refractivity contribution in [2.45, 2.75) is 0 Å². The van der Waals surface area contributed by atoms with E-state index >= 15 is 0 Å². The number of ether oxygens (including phenoxy) is 4. The lowest BCUT2D eigenvalue weighted by atomic mass is 10.0. The van der Waals surface area contributed by atoms with Crippen LogP contribution in [0.25, 0.3) is 0 Å². The first-order chi connectivity index (χ1) is 11.1. The summed E-state index contributed by atoms with van der Waals surface area (Å²) in [5.74, 6) is 0.195. The van der Waals surface area contributed by atoms with Crippen LogP contribution in [0.5, 0.6) is 28.7 Å². The fourth-order valence-corrected chi connectivity index (χ4v) is 2.29. The third-order valence-electron chi connectivity index (χ3n) is 3.40. The highest BCUT2D eigenvalue weighted by Gasteiger charge is 2.26. The number of hydrogen-bond acceptors (Lipinski definition) is 6. The predicted molar refractivity (Wildman–Crippen MR) is 84.2 cm³/mol. The molecule has 0 aromatic heterocycles. The minimum Gasteiger partial charge on any atom is -0.504 e. The van der Waals surface area contributed by atoms with Gasteiger partial charge in [-0.3, -0.25) is 4.79 Å². The number of aromatic hydroxyl groups is 1. The van der Waals surface area contributed by atoms with Crippen molar-refractivity contribution < 1.29 is 28.8 Å². The zero-order valence-electron chi connectivity index (χ0n) is 13.4. The molecule has 2 rings (SSSR count). The van der Waals surface area contributed by atoms with Crippen molar-refractivity contribution in [2.75, 3.05) is 28.4 Å². The lowest BCUT2D eigenvalue weighted by Crippen LogP contribution is -2.06. The fraction of sp³-hybridized carbons (Fsp3) is 0.235. The Hall–Kier alpha value is -2.89. The first-order valence-corrected chi connectivity index (χ1v) is 6.78. The number of para-hydroxylation sites is 1. The molecule has 0 aliphatic heterocycles. The molecule has 2 aromatic rings. The van der Waals surface area contributed by atoms with Gasteiger partial charge in [-0.15, -0.1) is 0 Å². The van der Waals surface area contributed by atoms with Crippen molar-refractivity contribution in [3.05, 3.63) is 41.5 Å². The van der Waals surface area contributed by atoms with Crippen molar-refractivity contribution in [3.63, 3.8) is 0 Å². The van der Waals surface area contributed by atoms with Gasteiger partial charge in [0.25, 0.3) is 0 Å². The molecule has 0 atom stereocenters. The first-order valence-electron chi connectivity index (χ1n) is 6.78. The van der Waals surface area contributed by atoms with Crippen LogP contribution in [0.1, 0.15) is 15.9 Å². The number of benzene rings is 2. The van der Waals surface area contributed by atoms with Crippen LogP contribution in [0, 0.1) is 0 Å². The summed E-state index contributed by atoms with van der Waals surface area (Å²) in [5.41, 5.74) is 0.351. The van der Waals surface area contributed by atoms with E-state index in [1.165, 1.54) is 34.5 Å². The zero-order valence-corrected chi connectivity index (χ0v) is 13.4. The average molecular weight is 318 g/mol. The number of carbonyl (C=O) groups is 1. The van der Waals surface area contributed by atoms with Crippen LogP contribution >= 0.6 is 0 Å². The number of phenolic OH excluding ortho intramolecular Hbond substituents is 1. The van der Waals surface area contributed by atoms with E-state index in [-0.39, 0.29) is 28.6 Å². The highest BCUT2D eigenvalue weighted by atomic mass is 16.5. The minimum atomic E-state index is -0.417. The molecule has 23 heavy (non-hydrogen) atoms. The van der Waals surface area contributed by atoms with E-state index in [0.717, 1.165) is 0 Å². The smallest absolute Gasteiger partial charge is 0.207 e. The normalized spacial score (nSPS) is 10.1. The van der Waals surface area contributed by atoms with Gasteiger partial charge in [-0.2, -0.15) is 0 Å². The molecule has 0 unspecified atom stereocenters. The summed E-state index contributed by atoms with van der Waals surface area (Å²) in [6, 6.07) is 8.16. The van der Waals surface area contributed by atoms with Crippen LogP contribution in [-0.4, -0.2) is 39.3 Å². The average Bonchev–Trinajstić information content (AvgIpc) is 2.60. The van der Waals surface area contributed by atoms with Gasteiger partial charge in [0.1, 0.15) is 5.75 Å². The first kappa shape index (κ1) is 16.5. The Balaban J connectivity index is 2.65. The van der Waals surface area contributed by atoms with Gasteiger partial charge in [-0.25, -0.2) is 0 Å². The molecule has 122 valence electrons. The van der Waals surface area contributed by atoms with Crippen molar-refractivity contribution in [2.24, 2.45) is 0 Å². The molecular formula is C17H18O6. The van der Waals surface area contributed by atoms with E-state index < -0.39 is 5.78 Å². The third kappa shape index (κ3) is 2.88. The van der Waals surface area contributed by atoms with E-state index in [9.17, 15) is 9.90 Å². The van der Waals surface area contributed by atoms with Crippen molar-refractivity contribution in [1.29, 1.82) is 0 Å². The maximum Gasteiger partial charge on any atom is 0.207 e. The number of rotatable bonds is 6. The highest BCUT2D eigenvalue weighted by Crippen LogP contribution is 2.46. The second-order valence-electron chi connectivity index (χ2n) is 4.57. The standard InChI is InChI=1S/C17H18O6/c1-20-12-8-6-5-7-10(12)14(18)11-9-13(21-2)16(22-3)17(23-4)15(11)19/h5-9,19H,1-4H3. The van der Waals surface area contributed by atoms with E-state index in [0.29, 0.717) is 11.3 Å². The molecule has 0 spiro atoms. The van der Waals surface area contributed by atoms with Crippen LogP contribution in [0.4, 0.5) is 0 Å². The second kappa shape index (κ2) is 6.91. The monoisotopic (exact) mass is 318 g/mol. The maximum absolute atomic E-state index is 12.8. The van der Waals surface area contributed by atoms with E-state index in [1.54, 1.807) is 24.3 Å². The van der Waals surface area contributed by atoms with Crippen LogP contribution in [0.2, 0.25) is 0 Å². The summed E-state index contributed by atoms with van der Waals surface area (Å²) in [4.78, 5) is 12.8. The molecule has 0 saturated carbocycles. The van der Waals surface area contributed by atoms with E-state index in [4.69, 9.17) is 18.9 Å². The lowest BCUT2D eigenvalue weighted by Gasteiger charge is -2.16. The van der Waals surface area contributed by atoms with Crippen LogP contribution in [-0.2, 0) is 0 Å². The van der Waals surface area contributed by atoms with Gasteiger partial charge in [0.2, 0.25) is 17.3 Å². The molecule has 0 heterocycles. The number of methoxy groups -OCH3 is 4. The Bertz CT molecular complexity index is 723. The Morgan fingerprint density at radius 3 is 2.00 bits per heavy atom. The van der Waals surface area contributed by atoms with Gasteiger partial charge in [-0.05, 0) is 18.2 Å². The maximum atomic E-state index is 12.8. The SMILES string of the molecule is COc1ccccc1C(=O)c1cc(OC)c(OC)c(OC)c1O. The molecule has 0 aliphatic carbocycles. The van der Waals surface area contributed by atoms with Crippen LogP contribution in [0.3, 0.4) is 0 Å². The molecule has 1 N–H and O–H groups in total. The molecule has 0 radical (unpaired) electrons. The Kier molecular flexibility index (Phi) is 4.95. The summed E-state index contributed by atoms with van der Waals surface area (Å²) in [6.45, 7) is 0. The third-order valence-corrected chi connectivity index (χ3v) is 3.40. The molecule has 0 fully saturated rings. The van der Waals surface area contributed by atoms with E-state index in [1.807, 2.05) is 0 Å². The summed E-state index contributed by atoms with van der Waals surface area (Å²) in [5, 5.41) is 10.4. The van der Waals surface area contributed by atoms with E-state index in [2.05, 4.69) is 0 Å². The lowest BCUT2D eigenvalue weighted by molar-refractivity contribution is 0.103. The van der Waals surface area contributed by atoms with Crippen molar-refractivity contribution in [1.82, 2.24) is 0 Å². The Labute approximate surface area is 134 Å². The van der Waals surface area contributed by atoms with Crippen molar-refractivity contribution >= 4 is 5.78 Å². The molecule has 0 aliphatic rings. The quantitative estimate of drug-likeness (QED) is 0.825. The molecule has 0 bridgehead atoms. The highest BCUT2D eigenvalue weighted by molar-refractivity contribution is 6.13. The predicted octanol–water partition coefficient (Wildman–Crippen LogP) is 2.66. The van der Waals surface area contributed by atoms with Crippen LogP contribution < -0.4 is 18.9 Å². The number of carbonyl (C=O) groups excluding carboxylic acids is 1. The Morgan fingerprint density at radius 2 is 1.43 bits per heavy atom. The largest absolute Gasteiger partial charge is 0.504 e. The molecular weight excluding hydrogens is 300 g/mol. The number of hydrogen-bond donors (Lipinski definition) is 1. The van der Waals surface area contributed by atoms with Gasteiger partial charge in [0.05, 0.1) is 39.6 Å². The number of phenols is 1. The van der Waals surface area contributed by atoms with Gasteiger partial charge in [0, 0.05) is 0 Å². The number of ketones is 1. The van der Waals surface area contributed by atoms with Gasteiger partial charge in [-0.1, -0.05) is 12.1 Å². The summed E-state index contributed by atoms with van der Waals surface area (Å²) >= 11 is 0. The van der Waals surface area contributed by atoms with Gasteiger partial charge < -0.3 is 24.1 Å². The molecule has 0 amide bonds. The van der Waals surface area contributed by atoms with Gasteiger partial charge in [0.15, 0.2) is 11.5 Å². The molecule has 6 heteroatoms. The molecule has 2 aromatic carbocycles. The summed E-state index contributed by atoms with van der Waals surface area (Å²) in [7, 11) is 5.70. The summed E-state index contributed by atoms with van der Waals surface area (Å²) in [6.07, 6.45) is 0. The van der Waals surface area contributed by atoms with Crippen molar-refractivity contribution in [3.8, 4) is 28.7 Å². The van der Waals surface area contributed by atoms with Crippen LogP contribution in [0.15, 0.2) is 30.3 Å². The van der Waals surface area contributed by atoms with Gasteiger partial charge >= 0.3 is 0 Å².